The summed E-state index contributed by atoms with van der Waals surface area (Å²) >= 11 is 0. The van der Waals surface area contributed by atoms with Crippen LogP contribution in [0.5, 0.6) is 0 Å². The number of piperazine rings is 1. The van der Waals surface area contributed by atoms with Gasteiger partial charge >= 0.3 is 0 Å². The number of benzene rings is 2. The molecule has 2 aliphatic rings. The van der Waals surface area contributed by atoms with E-state index >= 15 is 0 Å². The average Bonchev–Trinajstić information content (AvgIpc) is 3.05. The standard InChI is InChI=1S/C23H28FN5O3/c24-19-2-4-20(5-3-19)26-11-1-10-25(12-13-26)18-23(30)28-16-14-27(15-17-28)21-6-8-22(9-7-21)29(31)32/h2-9H,1,10-18H2. The lowest BCUT2D eigenvalue weighted by atomic mass is 10.2. The molecular weight excluding hydrogens is 413 g/mol. The van der Waals surface area contributed by atoms with E-state index in [0.29, 0.717) is 32.7 Å². The Morgan fingerprint density at radius 3 is 2.00 bits per heavy atom. The van der Waals surface area contributed by atoms with E-state index in [9.17, 15) is 19.3 Å². The zero-order valence-electron chi connectivity index (χ0n) is 18.0. The molecule has 0 unspecified atom stereocenters. The molecule has 0 aliphatic carbocycles. The molecule has 0 N–H and O–H groups in total. The molecule has 2 heterocycles. The van der Waals surface area contributed by atoms with Crippen molar-refractivity contribution in [2.75, 3.05) is 68.7 Å². The highest BCUT2D eigenvalue weighted by Crippen LogP contribution is 2.21. The molecule has 0 radical (unpaired) electrons. The maximum Gasteiger partial charge on any atom is 0.269 e. The molecule has 1 amide bonds. The number of non-ortho nitro benzene ring substituents is 1. The quantitative estimate of drug-likeness (QED) is 0.525. The molecule has 32 heavy (non-hydrogen) atoms. The number of nitro groups is 1. The van der Waals surface area contributed by atoms with Gasteiger partial charge in [-0.3, -0.25) is 19.8 Å². The van der Waals surface area contributed by atoms with Gasteiger partial charge in [-0.1, -0.05) is 0 Å². The van der Waals surface area contributed by atoms with Gasteiger partial charge in [0.2, 0.25) is 5.91 Å². The first-order valence-corrected chi connectivity index (χ1v) is 11.0. The average molecular weight is 442 g/mol. The van der Waals surface area contributed by atoms with Crippen LogP contribution in [0.3, 0.4) is 0 Å². The topological polar surface area (TPSA) is 73.2 Å². The summed E-state index contributed by atoms with van der Waals surface area (Å²) in [7, 11) is 0. The molecule has 2 aromatic carbocycles. The van der Waals surface area contributed by atoms with Gasteiger partial charge in [-0.2, -0.15) is 0 Å². The fourth-order valence-corrected chi connectivity index (χ4v) is 4.33. The van der Waals surface area contributed by atoms with Crippen molar-refractivity contribution < 1.29 is 14.1 Å². The fraction of sp³-hybridized carbons (Fsp3) is 0.435. The highest BCUT2D eigenvalue weighted by molar-refractivity contribution is 5.78. The Kier molecular flexibility index (Phi) is 6.84. The number of halogens is 1. The van der Waals surface area contributed by atoms with Gasteiger partial charge in [0.1, 0.15) is 5.82 Å². The first-order valence-electron chi connectivity index (χ1n) is 11.0. The summed E-state index contributed by atoms with van der Waals surface area (Å²) in [6, 6.07) is 13.1. The van der Waals surface area contributed by atoms with Crippen molar-refractivity contribution in [1.29, 1.82) is 0 Å². The van der Waals surface area contributed by atoms with Crippen LogP contribution < -0.4 is 9.80 Å². The zero-order chi connectivity index (χ0) is 22.5. The van der Waals surface area contributed by atoms with Crippen molar-refractivity contribution >= 4 is 23.0 Å². The second kappa shape index (κ2) is 9.95. The van der Waals surface area contributed by atoms with E-state index in [4.69, 9.17) is 0 Å². The third kappa shape index (κ3) is 5.34. The maximum absolute atomic E-state index is 13.2. The van der Waals surface area contributed by atoms with E-state index < -0.39 is 4.92 Å². The second-order valence-corrected chi connectivity index (χ2v) is 8.23. The summed E-state index contributed by atoms with van der Waals surface area (Å²) in [6.07, 6.45) is 0.957. The van der Waals surface area contributed by atoms with Crippen LogP contribution in [0.25, 0.3) is 0 Å². The predicted molar refractivity (Wildman–Crippen MR) is 122 cm³/mol. The van der Waals surface area contributed by atoms with Gasteiger partial charge in [0.25, 0.3) is 5.69 Å². The molecule has 0 aromatic heterocycles. The van der Waals surface area contributed by atoms with Crippen LogP contribution in [0.15, 0.2) is 48.5 Å². The number of anilines is 2. The Morgan fingerprint density at radius 1 is 0.812 bits per heavy atom. The van der Waals surface area contributed by atoms with E-state index in [1.54, 1.807) is 24.3 Å². The van der Waals surface area contributed by atoms with Crippen LogP contribution in [0, 0.1) is 15.9 Å². The number of amides is 1. The molecule has 0 bridgehead atoms. The van der Waals surface area contributed by atoms with Crippen LogP contribution >= 0.6 is 0 Å². The van der Waals surface area contributed by atoms with E-state index in [1.807, 2.05) is 4.90 Å². The summed E-state index contributed by atoms with van der Waals surface area (Å²) in [4.78, 5) is 31.8. The molecule has 2 aromatic rings. The van der Waals surface area contributed by atoms with Crippen molar-refractivity contribution in [2.45, 2.75) is 6.42 Å². The van der Waals surface area contributed by atoms with E-state index in [2.05, 4.69) is 14.7 Å². The smallest absolute Gasteiger partial charge is 0.269 e. The minimum absolute atomic E-state index is 0.0815. The van der Waals surface area contributed by atoms with Gasteiger partial charge < -0.3 is 14.7 Å². The Bertz CT molecular complexity index is 930. The van der Waals surface area contributed by atoms with Crippen molar-refractivity contribution in [3.63, 3.8) is 0 Å². The van der Waals surface area contributed by atoms with E-state index in [-0.39, 0.29) is 17.4 Å². The second-order valence-electron chi connectivity index (χ2n) is 8.23. The first kappa shape index (κ1) is 22.0. The number of carbonyl (C=O) groups excluding carboxylic acids is 1. The lowest BCUT2D eigenvalue weighted by molar-refractivity contribution is -0.384. The first-order chi connectivity index (χ1) is 15.5. The van der Waals surface area contributed by atoms with Gasteiger partial charge in [0, 0.05) is 75.9 Å². The SMILES string of the molecule is O=C(CN1CCCN(c2ccc(F)cc2)CC1)N1CCN(c2ccc([N+](=O)[O-])cc2)CC1. The molecule has 0 spiro atoms. The summed E-state index contributed by atoms with van der Waals surface area (Å²) in [6.45, 7) is 6.49. The molecule has 8 nitrogen and oxygen atoms in total. The maximum atomic E-state index is 13.2. The molecule has 2 fully saturated rings. The van der Waals surface area contributed by atoms with Crippen LogP contribution in [0.2, 0.25) is 0 Å². The number of carbonyl (C=O) groups is 1. The van der Waals surface area contributed by atoms with E-state index in [0.717, 1.165) is 44.0 Å². The van der Waals surface area contributed by atoms with Crippen LogP contribution in [-0.4, -0.2) is 79.5 Å². The van der Waals surface area contributed by atoms with Gasteiger partial charge in [-0.05, 0) is 42.8 Å². The van der Waals surface area contributed by atoms with Crippen molar-refractivity contribution in [3.05, 3.63) is 64.5 Å². The number of hydrogen-bond acceptors (Lipinski definition) is 6. The van der Waals surface area contributed by atoms with Crippen LogP contribution in [0.1, 0.15) is 6.42 Å². The van der Waals surface area contributed by atoms with Crippen molar-refractivity contribution in [3.8, 4) is 0 Å². The molecule has 2 saturated heterocycles. The summed E-state index contributed by atoms with van der Waals surface area (Å²) in [5, 5.41) is 10.8. The number of hydrogen-bond donors (Lipinski definition) is 0. The molecule has 9 heteroatoms. The monoisotopic (exact) mass is 441 g/mol. The number of rotatable bonds is 5. The lowest BCUT2D eigenvalue weighted by Crippen LogP contribution is -2.51. The number of nitro benzene ring substituents is 1. The van der Waals surface area contributed by atoms with Crippen molar-refractivity contribution in [1.82, 2.24) is 9.80 Å². The van der Waals surface area contributed by atoms with Gasteiger partial charge in [-0.15, -0.1) is 0 Å². The van der Waals surface area contributed by atoms with Gasteiger partial charge in [0.05, 0.1) is 11.5 Å². The third-order valence-corrected chi connectivity index (χ3v) is 6.20. The fourth-order valence-electron chi connectivity index (χ4n) is 4.33. The Hall–Kier alpha value is -3.20. The molecule has 0 saturated carbocycles. The molecular formula is C23H28FN5O3. The summed E-state index contributed by atoms with van der Waals surface area (Å²) < 4.78 is 13.2. The zero-order valence-corrected chi connectivity index (χ0v) is 18.0. The predicted octanol–water partition coefficient (Wildman–Crippen LogP) is 2.59. The normalized spacial score (nSPS) is 17.8. The van der Waals surface area contributed by atoms with Gasteiger partial charge in [0.15, 0.2) is 0 Å². The molecule has 0 atom stereocenters. The Morgan fingerprint density at radius 2 is 1.38 bits per heavy atom. The van der Waals surface area contributed by atoms with Gasteiger partial charge in [-0.25, -0.2) is 4.39 Å². The number of nitrogens with zero attached hydrogens (tertiary/aromatic N) is 5. The van der Waals surface area contributed by atoms with Crippen molar-refractivity contribution in [2.24, 2.45) is 0 Å². The van der Waals surface area contributed by atoms with Crippen LogP contribution in [0.4, 0.5) is 21.5 Å². The third-order valence-electron chi connectivity index (χ3n) is 6.20. The minimum Gasteiger partial charge on any atom is -0.370 e. The molecule has 4 rings (SSSR count). The Balaban J connectivity index is 1.25. The largest absolute Gasteiger partial charge is 0.370 e. The van der Waals surface area contributed by atoms with Crippen LogP contribution in [-0.2, 0) is 4.79 Å². The lowest BCUT2D eigenvalue weighted by Gasteiger charge is -2.37. The molecule has 2 aliphatic heterocycles. The summed E-state index contributed by atoms with van der Waals surface area (Å²) in [5.74, 6) is -0.0898. The molecule has 170 valence electrons. The summed E-state index contributed by atoms with van der Waals surface area (Å²) in [5.41, 5.74) is 2.04. The Labute approximate surface area is 187 Å². The van der Waals surface area contributed by atoms with E-state index in [1.165, 1.54) is 24.3 Å². The highest BCUT2D eigenvalue weighted by atomic mass is 19.1. The highest BCUT2D eigenvalue weighted by Gasteiger charge is 2.24. The minimum atomic E-state index is -0.401.